The first kappa shape index (κ1) is 11.5. The van der Waals surface area contributed by atoms with Gasteiger partial charge in [-0.2, -0.15) is 0 Å². The van der Waals surface area contributed by atoms with Crippen molar-refractivity contribution in [2.45, 2.75) is 11.6 Å². The Hall–Kier alpha value is -1.64. The molecule has 92 valence electrons. The molecule has 1 saturated heterocycles. The largest absolute Gasteiger partial charge is 0.324 e. The predicted octanol–water partition coefficient (Wildman–Crippen LogP) is 2.20. The van der Waals surface area contributed by atoms with Crippen molar-refractivity contribution in [1.29, 1.82) is 0 Å². The molecule has 1 atom stereocenters. The third-order valence-electron chi connectivity index (χ3n) is 4.04. The highest BCUT2D eigenvalue weighted by molar-refractivity contribution is 5.43. The molecule has 0 saturated carbocycles. The minimum absolute atomic E-state index is 0.146. The average molecular weight is 238 g/mol. The Labute approximate surface area is 108 Å². The van der Waals surface area contributed by atoms with Crippen LogP contribution in [-0.2, 0) is 5.54 Å². The Morgan fingerprint density at radius 3 is 1.72 bits per heavy atom. The zero-order valence-corrected chi connectivity index (χ0v) is 10.6. The fraction of sp³-hybridized carbons (Fsp3) is 0.250. The van der Waals surface area contributed by atoms with Gasteiger partial charge in [0.05, 0.1) is 5.54 Å². The Morgan fingerprint density at radius 1 is 0.944 bits per heavy atom. The maximum Gasteiger partial charge on any atom is 0.0879 e. The monoisotopic (exact) mass is 238 g/mol. The standard InChI is InChI=1S/C16H18N2/c1-18-12-15(17)16(18,13-8-4-2-5-9-13)14-10-6-3-7-11-14/h2-11,15H,12,17H2,1H3. The molecule has 2 aromatic carbocycles. The van der Waals surface area contributed by atoms with Gasteiger partial charge in [0.25, 0.3) is 0 Å². The second kappa shape index (κ2) is 4.23. The van der Waals surface area contributed by atoms with E-state index in [-0.39, 0.29) is 11.6 Å². The second-order valence-electron chi connectivity index (χ2n) is 4.99. The minimum Gasteiger partial charge on any atom is -0.324 e. The molecule has 0 bridgehead atoms. The highest BCUT2D eigenvalue weighted by Crippen LogP contribution is 2.43. The van der Waals surface area contributed by atoms with E-state index in [0.717, 1.165) is 6.54 Å². The number of hydrogen-bond donors (Lipinski definition) is 1. The molecular weight excluding hydrogens is 220 g/mol. The lowest BCUT2D eigenvalue weighted by Crippen LogP contribution is -2.70. The van der Waals surface area contributed by atoms with Crippen LogP contribution in [0.3, 0.4) is 0 Å². The number of nitrogens with zero attached hydrogens (tertiary/aromatic N) is 1. The molecule has 2 aromatic rings. The number of nitrogens with two attached hydrogens (primary N) is 1. The lowest BCUT2D eigenvalue weighted by Gasteiger charge is -2.56. The third kappa shape index (κ3) is 1.43. The molecule has 1 unspecified atom stereocenters. The van der Waals surface area contributed by atoms with Crippen LogP contribution in [0.4, 0.5) is 0 Å². The lowest BCUT2D eigenvalue weighted by atomic mass is 9.70. The molecule has 1 heterocycles. The second-order valence-corrected chi connectivity index (χ2v) is 4.99. The van der Waals surface area contributed by atoms with Gasteiger partial charge < -0.3 is 5.73 Å². The van der Waals surface area contributed by atoms with Crippen molar-refractivity contribution < 1.29 is 0 Å². The van der Waals surface area contributed by atoms with Gasteiger partial charge in [0.2, 0.25) is 0 Å². The first-order valence-corrected chi connectivity index (χ1v) is 6.34. The van der Waals surface area contributed by atoms with E-state index in [4.69, 9.17) is 5.73 Å². The van der Waals surface area contributed by atoms with Gasteiger partial charge in [-0.15, -0.1) is 0 Å². The molecule has 3 rings (SSSR count). The third-order valence-corrected chi connectivity index (χ3v) is 4.04. The van der Waals surface area contributed by atoms with Crippen molar-refractivity contribution in [2.75, 3.05) is 13.6 Å². The van der Waals surface area contributed by atoms with E-state index in [1.54, 1.807) is 0 Å². The van der Waals surface area contributed by atoms with Crippen LogP contribution in [-0.4, -0.2) is 24.5 Å². The molecule has 0 aliphatic carbocycles. The van der Waals surface area contributed by atoms with Gasteiger partial charge in [-0.25, -0.2) is 0 Å². The molecule has 0 amide bonds. The molecule has 1 fully saturated rings. The summed E-state index contributed by atoms with van der Waals surface area (Å²) in [6.45, 7) is 0.934. The van der Waals surface area contributed by atoms with Crippen molar-refractivity contribution in [3.8, 4) is 0 Å². The highest BCUT2D eigenvalue weighted by atomic mass is 15.3. The first-order valence-electron chi connectivity index (χ1n) is 6.34. The zero-order valence-electron chi connectivity index (χ0n) is 10.6. The lowest BCUT2D eigenvalue weighted by molar-refractivity contribution is 0.0155. The summed E-state index contributed by atoms with van der Waals surface area (Å²) >= 11 is 0. The van der Waals surface area contributed by atoms with Crippen molar-refractivity contribution in [3.05, 3.63) is 71.8 Å². The Balaban J connectivity index is 2.17. The maximum atomic E-state index is 6.37. The normalized spacial score (nSPS) is 22.4. The van der Waals surface area contributed by atoms with Crippen LogP contribution in [0.25, 0.3) is 0 Å². The van der Waals surface area contributed by atoms with E-state index in [9.17, 15) is 0 Å². The molecule has 18 heavy (non-hydrogen) atoms. The summed E-state index contributed by atoms with van der Waals surface area (Å²) in [6, 6.07) is 21.2. The molecule has 1 aliphatic rings. The summed E-state index contributed by atoms with van der Waals surface area (Å²) in [5.41, 5.74) is 8.76. The van der Waals surface area contributed by atoms with Gasteiger partial charge >= 0.3 is 0 Å². The molecule has 1 aliphatic heterocycles. The van der Waals surface area contributed by atoms with Gasteiger partial charge in [0.1, 0.15) is 0 Å². The SMILES string of the molecule is CN1CC(N)C1(c1ccccc1)c1ccccc1. The molecular formula is C16H18N2. The quantitative estimate of drug-likeness (QED) is 0.869. The number of benzene rings is 2. The predicted molar refractivity (Wildman–Crippen MR) is 74.3 cm³/mol. The van der Waals surface area contributed by atoms with Gasteiger partial charge in [0, 0.05) is 12.6 Å². The molecule has 0 spiro atoms. The Bertz CT molecular complexity index is 472. The fourth-order valence-electron chi connectivity index (χ4n) is 3.16. The molecule has 2 heteroatoms. The minimum atomic E-state index is -0.164. The van der Waals surface area contributed by atoms with Crippen molar-refractivity contribution >= 4 is 0 Å². The van der Waals surface area contributed by atoms with Gasteiger partial charge in [0.15, 0.2) is 0 Å². The summed E-state index contributed by atoms with van der Waals surface area (Å²) in [5, 5.41) is 0. The van der Waals surface area contributed by atoms with Crippen LogP contribution in [0.5, 0.6) is 0 Å². The molecule has 2 nitrogen and oxygen atoms in total. The van der Waals surface area contributed by atoms with Gasteiger partial charge in [-0.3, -0.25) is 4.90 Å². The highest BCUT2D eigenvalue weighted by Gasteiger charge is 2.51. The van der Waals surface area contributed by atoms with Crippen molar-refractivity contribution in [3.63, 3.8) is 0 Å². The zero-order chi connectivity index (χ0) is 12.6. The van der Waals surface area contributed by atoms with E-state index in [1.807, 2.05) is 12.1 Å². The number of rotatable bonds is 2. The summed E-state index contributed by atoms with van der Waals surface area (Å²) < 4.78 is 0. The fourth-order valence-corrected chi connectivity index (χ4v) is 3.16. The van der Waals surface area contributed by atoms with E-state index < -0.39 is 0 Å². The van der Waals surface area contributed by atoms with Crippen molar-refractivity contribution in [1.82, 2.24) is 4.90 Å². The average Bonchev–Trinajstić information content (AvgIpc) is 2.41. The van der Waals surface area contributed by atoms with Crippen LogP contribution in [0.2, 0.25) is 0 Å². The summed E-state index contributed by atoms with van der Waals surface area (Å²) in [7, 11) is 2.14. The summed E-state index contributed by atoms with van der Waals surface area (Å²) in [6.07, 6.45) is 0. The Morgan fingerprint density at radius 2 is 1.39 bits per heavy atom. The van der Waals surface area contributed by atoms with Crippen LogP contribution in [0.15, 0.2) is 60.7 Å². The summed E-state index contributed by atoms with van der Waals surface area (Å²) in [5.74, 6) is 0. The topological polar surface area (TPSA) is 29.3 Å². The first-order chi connectivity index (χ1) is 8.76. The van der Waals surface area contributed by atoms with Crippen LogP contribution < -0.4 is 5.73 Å². The van der Waals surface area contributed by atoms with Crippen LogP contribution >= 0.6 is 0 Å². The maximum absolute atomic E-state index is 6.37. The smallest absolute Gasteiger partial charge is 0.0879 e. The van der Waals surface area contributed by atoms with Crippen molar-refractivity contribution in [2.24, 2.45) is 5.73 Å². The molecule has 0 radical (unpaired) electrons. The van der Waals surface area contributed by atoms with Crippen LogP contribution in [0.1, 0.15) is 11.1 Å². The number of likely N-dealkylation sites (tertiary alicyclic amines) is 1. The van der Waals surface area contributed by atoms with Gasteiger partial charge in [-0.1, -0.05) is 60.7 Å². The van der Waals surface area contributed by atoms with Gasteiger partial charge in [-0.05, 0) is 18.2 Å². The molecule has 0 aromatic heterocycles. The molecule has 2 N–H and O–H groups in total. The number of likely N-dealkylation sites (N-methyl/N-ethyl adjacent to an activating group) is 1. The van der Waals surface area contributed by atoms with E-state index in [0.29, 0.717) is 0 Å². The van der Waals surface area contributed by atoms with E-state index >= 15 is 0 Å². The van der Waals surface area contributed by atoms with Crippen LogP contribution in [0, 0.1) is 0 Å². The number of hydrogen-bond acceptors (Lipinski definition) is 2. The summed E-state index contributed by atoms with van der Waals surface area (Å²) in [4.78, 5) is 2.34. The van der Waals surface area contributed by atoms with E-state index in [2.05, 4.69) is 60.5 Å². The Kier molecular flexibility index (Phi) is 2.69. The van der Waals surface area contributed by atoms with E-state index in [1.165, 1.54) is 11.1 Å².